The van der Waals surface area contributed by atoms with Crippen LogP contribution in [0.1, 0.15) is 60.0 Å². The van der Waals surface area contributed by atoms with Crippen LogP contribution in [0.15, 0.2) is 64.5 Å². The second-order valence-electron chi connectivity index (χ2n) is 10.8. The van der Waals surface area contributed by atoms with E-state index in [1.165, 1.54) is 35.1 Å². The van der Waals surface area contributed by atoms with Crippen LogP contribution in [0.5, 0.6) is 11.5 Å². The molecular weight excluding hydrogens is 665 g/mol. The van der Waals surface area contributed by atoms with Crippen LogP contribution in [0, 0.1) is 13.8 Å². The third-order valence-corrected chi connectivity index (χ3v) is 10.3. The first-order valence-corrected chi connectivity index (χ1v) is 17.3. The van der Waals surface area contributed by atoms with Crippen LogP contribution in [0.2, 0.25) is 10.0 Å². The van der Waals surface area contributed by atoms with E-state index in [-0.39, 0.29) is 16.5 Å². The molecule has 4 aromatic rings. The Morgan fingerprint density at radius 1 is 1.02 bits per heavy atom. The molecule has 1 N–H and O–H groups in total. The summed E-state index contributed by atoms with van der Waals surface area (Å²) in [5.41, 5.74) is 3.49. The number of aliphatic hydroxyl groups is 1. The van der Waals surface area contributed by atoms with Gasteiger partial charge in [0.05, 0.1) is 25.3 Å². The number of carbonyl (C=O) groups excluding carboxylic acids is 2. The minimum atomic E-state index is -1.00. The summed E-state index contributed by atoms with van der Waals surface area (Å²) in [7, 11) is 1.53. The highest BCUT2D eigenvalue weighted by Gasteiger charge is 2.48. The summed E-state index contributed by atoms with van der Waals surface area (Å²) in [6, 6.07) is 15.1. The zero-order valence-electron chi connectivity index (χ0n) is 25.8. The predicted octanol–water partition coefficient (Wildman–Crippen LogP) is 8.96. The lowest BCUT2D eigenvalue weighted by Gasteiger charge is -2.23. The molecule has 1 unspecified atom stereocenters. The molecule has 2 heterocycles. The van der Waals surface area contributed by atoms with Gasteiger partial charge in [-0.1, -0.05) is 95.9 Å². The van der Waals surface area contributed by atoms with Crippen LogP contribution in [0.25, 0.3) is 5.76 Å². The highest BCUT2D eigenvalue weighted by molar-refractivity contribution is 8.00. The second-order valence-corrected chi connectivity index (χ2v) is 13.9. The van der Waals surface area contributed by atoms with Gasteiger partial charge >= 0.3 is 5.91 Å². The minimum absolute atomic E-state index is 0.0466. The van der Waals surface area contributed by atoms with Crippen LogP contribution >= 0.6 is 46.3 Å². The number of amides is 1. The van der Waals surface area contributed by atoms with Crippen LogP contribution in [0.4, 0.5) is 5.13 Å². The van der Waals surface area contributed by atoms with Gasteiger partial charge < -0.3 is 14.6 Å². The molecule has 0 bridgehead atoms. The predicted molar refractivity (Wildman–Crippen MR) is 185 cm³/mol. The van der Waals surface area contributed by atoms with Crippen molar-refractivity contribution in [1.82, 2.24) is 10.2 Å². The van der Waals surface area contributed by atoms with Gasteiger partial charge in [-0.25, -0.2) is 0 Å². The summed E-state index contributed by atoms with van der Waals surface area (Å²) in [6.45, 7) is 6.39. The number of halogens is 2. The van der Waals surface area contributed by atoms with E-state index < -0.39 is 17.7 Å². The SMILES string of the molecule is CCCCCOc1ccc(C2/C(=C(\O)c3cc(C)ccc3C)C(=O)C(=O)N2c2nnc(SCc3ccc(Cl)cc3Cl)s2)cc1OC. The molecule has 240 valence electrons. The number of ether oxygens (including phenoxy) is 2. The number of aliphatic hydroxyl groups excluding tert-OH is 1. The molecule has 3 aromatic carbocycles. The number of Topliss-reactive ketones (excluding diaryl/α,β-unsaturated/α-hetero) is 1. The van der Waals surface area contributed by atoms with Gasteiger partial charge in [-0.3, -0.25) is 14.5 Å². The van der Waals surface area contributed by atoms with E-state index in [9.17, 15) is 14.7 Å². The van der Waals surface area contributed by atoms with Crippen molar-refractivity contribution < 1.29 is 24.2 Å². The molecule has 1 fully saturated rings. The molecule has 1 amide bonds. The fourth-order valence-corrected chi connectivity index (χ4v) is 7.55. The molecule has 0 spiro atoms. The van der Waals surface area contributed by atoms with E-state index in [2.05, 4.69) is 17.1 Å². The van der Waals surface area contributed by atoms with Crippen molar-refractivity contribution in [3.8, 4) is 11.5 Å². The second kappa shape index (κ2) is 14.9. The number of carbonyl (C=O) groups is 2. The first-order chi connectivity index (χ1) is 22.1. The molecule has 46 heavy (non-hydrogen) atoms. The van der Waals surface area contributed by atoms with Gasteiger partial charge in [-0.05, 0) is 67.3 Å². The van der Waals surface area contributed by atoms with Gasteiger partial charge in [0.15, 0.2) is 15.8 Å². The van der Waals surface area contributed by atoms with Crippen LogP contribution in [0.3, 0.4) is 0 Å². The normalized spacial score (nSPS) is 15.9. The third-order valence-electron chi connectivity index (χ3n) is 7.57. The quantitative estimate of drug-likeness (QED) is 0.0391. The lowest BCUT2D eigenvalue weighted by atomic mass is 9.93. The lowest BCUT2D eigenvalue weighted by molar-refractivity contribution is -0.132. The Bertz CT molecular complexity index is 1810. The maximum Gasteiger partial charge on any atom is 0.301 e. The smallest absolute Gasteiger partial charge is 0.301 e. The number of thioether (sulfide) groups is 1. The topological polar surface area (TPSA) is 102 Å². The standard InChI is InChI=1S/C34H33Cl2N3O5S2/c1-5-6-7-14-44-26-13-11-21(16-27(26)43-4)29-28(30(40)24-15-19(2)8-9-20(24)3)31(41)32(42)39(29)33-37-38-34(46-33)45-18-22-10-12-23(35)17-25(22)36/h8-13,15-17,29,40H,5-7,14,18H2,1-4H3/b30-28+. The number of aromatic nitrogens is 2. The zero-order valence-corrected chi connectivity index (χ0v) is 28.9. The summed E-state index contributed by atoms with van der Waals surface area (Å²) in [5, 5.41) is 21.6. The summed E-state index contributed by atoms with van der Waals surface area (Å²) in [6.07, 6.45) is 3.01. The van der Waals surface area contributed by atoms with Gasteiger partial charge in [-0.15, -0.1) is 10.2 Å². The molecular formula is C34H33Cl2N3O5S2. The zero-order chi connectivity index (χ0) is 33.0. The Hall–Kier alpha value is -3.57. The molecule has 0 aliphatic carbocycles. The largest absolute Gasteiger partial charge is 0.507 e. The first kappa shape index (κ1) is 33.8. The van der Waals surface area contributed by atoms with Crippen LogP contribution in [-0.4, -0.2) is 40.7 Å². The molecule has 0 radical (unpaired) electrons. The van der Waals surface area contributed by atoms with Gasteiger partial charge in [-0.2, -0.15) is 0 Å². The fraction of sp³-hybridized carbons (Fsp3) is 0.294. The summed E-state index contributed by atoms with van der Waals surface area (Å²) in [5.74, 6) is -0.411. The Labute approximate surface area is 286 Å². The van der Waals surface area contributed by atoms with E-state index in [1.54, 1.807) is 36.4 Å². The number of hydrogen-bond acceptors (Lipinski definition) is 9. The van der Waals surface area contributed by atoms with Crippen LogP contribution < -0.4 is 14.4 Å². The van der Waals surface area contributed by atoms with Crippen LogP contribution in [-0.2, 0) is 15.3 Å². The number of ketones is 1. The Morgan fingerprint density at radius 3 is 2.57 bits per heavy atom. The van der Waals surface area contributed by atoms with Gasteiger partial charge in [0.2, 0.25) is 5.13 Å². The third kappa shape index (κ3) is 7.20. The summed E-state index contributed by atoms with van der Waals surface area (Å²) < 4.78 is 12.2. The number of unbranched alkanes of at least 4 members (excludes halogenated alkanes) is 2. The average Bonchev–Trinajstić information content (AvgIpc) is 3.61. The highest BCUT2D eigenvalue weighted by Crippen LogP contribution is 2.46. The van der Waals surface area contributed by atoms with Gasteiger partial charge in [0.25, 0.3) is 5.78 Å². The number of aryl methyl sites for hydroxylation is 2. The lowest BCUT2D eigenvalue weighted by Crippen LogP contribution is -2.29. The van der Waals surface area contributed by atoms with Crippen molar-refractivity contribution >= 4 is 68.9 Å². The number of rotatable bonds is 12. The summed E-state index contributed by atoms with van der Waals surface area (Å²) >= 11 is 15.0. The van der Waals surface area contributed by atoms with Crippen molar-refractivity contribution in [2.24, 2.45) is 0 Å². The first-order valence-electron chi connectivity index (χ1n) is 14.7. The van der Waals surface area contributed by atoms with E-state index >= 15 is 0 Å². The number of hydrogen-bond donors (Lipinski definition) is 1. The molecule has 1 aliphatic heterocycles. The van der Waals surface area contributed by atoms with E-state index in [1.807, 2.05) is 32.0 Å². The van der Waals surface area contributed by atoms with Crippen molar-refractivity contribution in [2.75, 3.05) is 18.6 Å². The number of nitrogens with zero attached hydrogens (tertiary/aromatic N) is 3. The molecule has 5 rings (SSSR count). The van der Waals surface area contributed by atoms with E-state index in [4.69, 9.17) is 32.7 Å². The molecule has 0 saturated carbocycles. The number of methoxy groups -OCH3 is 1. The maximum atomic E-state index is 13.8. The summed E-state index contributed by atoms with van der Waals surface area (Å²) in [4.78, 5) is 28.8. The minimum Gasteiger partial charge on any atom is -0.507 e. The molecule has 8 nitrogen and oxygen atoms in total. The Morgan fingerprint density at radius 2 is 1.83 bits per heavy atom. The maximum absolute atomic E-state index is 13.8. The average molecular weight is 699 g/mol. The molecule has 1 aliphatic rings. The monoisotopic (exact) mass is 697 g/mol. The number of benzene rings is 3. The molecule has 12 heteroatoms. The van der Waals surface area contributed by atoms with E-state index in [0.29, 0.717) is 49.4 Å². The van der Waals surface area contributed by atoms with Crippen molar-refractivity contribution in [2.45, 2.75) is 56.2 Å². The van der Waals surface area contributed by atoms with Crippen molar-refractivity contribution in [1.29, 1.82) is 0 Å². The van der Waals surface area contributed by atoms with Crippen molar-refractivity contribution in [3.05, 3.63) is 98.0 Å². The Kier molecular flexibility index (Phi) is 10.9. The molecule has 1 aromatic heterocycles. The molecule has 1 atom stereocenters. The Balaban J connectivity index is 1.56. The van der Waals surface area contributed by atoms with Gasteiger partial charge in [0.1, 0.15) is 5.76 Å². The number of anilines is 1. The highest BCUT2D eigenvalue weighted by atomic mass is 35.5. The van der Waals surface area contributed by atoms with E-state index in [0.717, 1.165) is 36.0 Å². The van der Waals surface area contributed by atoms with Gasteiger partial charge in [0, 0.05) is 21.4 Å². The fourth-order valence-electron chi connectivity index (χ4n) is 5.13. The van der Waals surface area contributed by atoms with Crippen molar-refractivity contribution in [3.63, 3.8) is 0 Å². The molecule has 1 saturated heterocycles.